The quantitative estimate of drug-likeness (QED) is 0.596. The molecular formula is C16H18Br2FNS. The van der Waals surface area contributed by atoms with Crippen LogP contribution in [0, 0.1) is 11.2 Å². The minimum atomic E-state index is -0.197. The molecule has 1 heterocycles. The van der Waals surface area contributed by atoms with Crippen molar-refractivity contribution >= 4 is 43.2 Å². The van der Waals surface area contributed by atoms with Gasteiger partial charge in [-0.3, -0.25) is 0 Å². The first-order valence-corrected chi connectivity index (χ1v) is 9.10. The van der Waals surface area contributed by atoms with Crippen molar-refractivity contribution < 1.29 is 4.39 Å². The molecule has 0 amide bonds. The molecule has 0 bridgehead atoms. The van der Waals surface area contributed by atoms with Gasteiger partial charge in [-0.2, -0.15) is 0 Å². The molecule has 0 saturated carbocycles. The molecule has 1 atom stereocenters. The maximum Gasteiger partial charge on any atom is 0.123 e. The highest BCUT2D eigenvalue weighted by Gasteiger charge is 2.26. The molecule has 0 radical (unpaired) electrons. The fraction of sp³-hybridized carbons (Fsp3) is 0.375. The maximum atomic E-state index is 13.1. The fourth-order valence-electron chi connectivity index (χ4n) is 2.26. The lowest BCUT2D eigenvalue weighted by Crippen LogP contribution is -2.31. The summed E-state index contributed by atoms with van der Waals surface area (Å²) in [6.07, 6.45) is 0. The van der Waals surface area contributed by atoms with Crippen LogP contribution in [0.1, 0.15) is 37.3 Å². The highest BCUT2D eigenvalue weighted by atomic mass is 79.9. The van der Waals surface area contributed by atoms with Crippen LogP contribution >= 0.6 is 43.2 Å². The SMILES string of the molecule is CC(C)(C)C(NCc1cc(Br)c(Br)s1)c1ccc(F)cc1. The van der Waals surface area contributed by atoms with Crippen molar-refractivity contribution in [3.05, 3.63) is 54.8 Å². The molecule has 0 aliphatic rings. The first-order chi connectivity index (χ1) is 9.77. The average Bonchev–Trinajstić information content (AvgIpc) is 2.69. The normalized spacial score (nSPS) is 13.4. The van der Waals surface area contributed by atoms with Crippen molar-refractivity contribution in [2.45, 2.75) is 33.4 Å². The van der Waals surface area contributed by atoms with Crippen molar-refractivity contribution in [2.75, 3.05) is 0 Å². The van der Waals surface area contributed by atoms with Gasteiger partial charge in [0.05, 0.1) is 3.79 Å². The summed E-state index contributed by atoms with van der Waals surface area (Å²) in [7, 11) is 0. The first-order valence-electron chi connectivity index (χ1n) is 6.70. The molecule has 0 fully saturated rings. The lowest BCUT2D eigenvalue weighted by Gasteiger charge is -2.32. The minimum Gasteiger partial charge on any atom is -0.305 e. The van der Waals surface area contributed by atoms with Gasteiger partial charge >= 0.3 is 0 Å². The standard InChI is InChI=1S/C16H18Br2FNS/c1-16(2,3)14(10-4-6-11(19)7-5-10)20-9-12-8-13(17)15(18)21-12/h4-8,14,20H,9H2,1-3H3. The predicted molar refractivity (Wildman–Crippen MR) is 95.2 cm³/mol. The molecule has 1 nitrogen and oxygen atoms in total. The summed E-state index contributed by atoms with van der Waals surface area (Å²) in [6.45, 7) is 7.35. The van der Waals surface area contributed by atoms with Crippen molar-refractivity contribution in [1.82, 2.24) is 5.32 Å². The molecule has 2 rings (SSSR count). The highest BCUT2D eigenvalue weighted by molar-refractivity contribution is 9.13. The summed E-state index contributed by atoms with van der Waals surface area (Å²) in [5.41, 5.74) is 1.15. The molecule has 1 aromatic carbocycles. The average molecular weight is 435 g/mol. The molecule has 0 aliphatic carbocycles. The van der Waals surface area contributed by atoms with Gasteiger partial charge in [0.15, 0.2) is 0 Å². The molecule has 1 N–H and O–H groups in total. The largest absolute Gasteiger partial charge is 0.305 e. The van der Waals surface area contributed by atoms with Crippen LogP contribution < -0.4 is 5.32 Å². The maximum absolute atomic E-state index is 13.1. The molecule has 2 aromatic rings. The summed E-state index contributed by atoms with van der Waals surface area (Å²) in [4.78, 5) is 1.25. The summed E-state index contributed by atoms with van der Waals surface area (Å²) in [6, 6.07) is 9.04. The third kappa shape index (κ3) is 4.62. The lowest BCUT2D eigenvalue weighted by molar-refractivity contribution is 0.271. The molecule has 1 unspecified atom stereocenters. The fourth-order valence-corrected chi connectivity index (χ4v) is 4.39. The van der Waals surface area contributed by atoms with Crippen molar-refractivity contribution in [2.24, 2.45) is 5.41 Å². The van der Waals surface area contributed by atoms with Gasteiger partial charge in [-0.1, -0.05) is 32.9 Å². The van der Waals surface area contributed by atoms with Crippen LogP contribution in [0.4, 0.5) is 4.39 Å². The number of thiophene rings is 1. The van der Waals surface area contributed by atoms with Crippen molar-refractivity contribution in [3.63, 3.8) is 0 Å². The third-order valence-corrected chi connectivity index (χ3v) is 6.50. The Balaban J connectivity index is 2.15. The van der Waals surface area contributed by atoms with Crippen LogP contribution in [0.5, 0.6) is 0 Å². The Morgan fingerprint density at radius 2 is 1.81 bits per heavy atom. The van der Waals surface area contributed by atoms with Crippen LogP contribution in [0.3, 0.4) is 0 Å². The number of benzene rings is 1. The molecule has 0 saturated heterocycles. The summed E-state index contributed by atoms with van der Waals surface area (Å²) < 4.78 is 15.3. The summed E-state index contributed by atoms with van der Waals surface area (Å²) in [5.74, 6) is -0.197. The van der Waals surface area contributed by atoms with Crippen LogP contribution in [0.2, 0.25) is 0 Å². The van der Waals surface area contributed by atoms with E-state index in [1.165, 1.54) is 17.0 Å². The Hall–Kier alpha value is -0.230. The number of halogens is 3. The number of hydrogen-bond donors (Lipinski definition) is 1. The van der Waals surface area contributed by atoms with E-state index in [9.17, 15) is 4.39 Å². The number of nitrogens with one attached hydrogen (secondary N) is 1. The third-order valence-electron chi connectivity index (χ3n) is 3.25. The van der Waals surface area contributed by atoms with Crippen LogP contribution in [-0.2, 0) is 6.54 Å². The second-order valence-electron chi connectivity index (χ2n) is 6.07. The van der Waals surface area contributed by atoms with Gasteiger partial charge in [0.1, 0.15) is 5.82 Å². The summed E-state index contributed by atoms with van der Waals surface area (Å²) in [5, 5.41) is 3.60. The molecule has 0 spiro atoms. The Morgan fingerprint density at radius 3 is 2.29 bits per heavy atom. The van der Waals surface area contributed by atoms with E-state index in [1.807, 2.05) is 12.1 Å². The van der Waals surface area contributed by atoms with Gasteiger partial charge < -0.3 is 5.32 Å². The smallest absolute Gasteiger partial charge is 0.123 e. The first kappa shape index (κ1) is 17.1. The Bertz CT molecular complexity index is 582. The number of hydrogen-bond acceptors (Lipinski definition) is 2. The van der Waals surface area contributed by atoms with E-state index in [0.29, 0.717) is 0 Å². The van der Waals surface area contributed by atoms with Gasteiger partial charge in [0, 0.05) is 21.9 Å². The Kier molecular flexibility index (Phi) is 5.63. The monoisotopic (exact) mass is 433 g/mol. The van der Waals surface area contributed by atoms with E-state index in [1.54, 1.807) is 11.3 Å². The van der Waals surface area contributed by atoms with E-state index in [4.69, 9.17) is 0 Å². The number of rotatable bonds is 4. The molecule has 1 aromatic heterocycles. The van der Waals surface area contributed by atoms with E-state index in [-0.39, 0.29) is 17.3 Å². The summed E-state index contributed by atoms with van der Waals surface area (Å²) >= 11 is 8.74. The molecule has 21 heavy (non-hydrogen) atoms. The minimum absolute atomic E-state index is 0.0452. The highest BCUT2D eigenvalue weighted by Crippen LogP contribution is 2.35. The Morgan fingerprint density at radius 1 is 1.19 bits per heavy atom. The zero-order valence-electron chi connectivity index (χ0n) is 12.2. The second kappa shape index (κ2) is 6.90. The molecule has 5 heteroatoms. The lowest BCUT2D eigenvalue weighted by atomic mass is 9.82. The zero-order chi connectivity index (χ0) is 15.6. The van der Waals surface area contributed by atoms with E-state index < -0.39 is 0 Å². The van der Waals surface area contributed by atoms with Gasteiger partial charge in [-0.05, 0) is 61.0 Å². The van der Waals surface area contributed by atoms with E-state index in [2.05, 4.69) is 64.0 Å². The van der Waals surface area contributed by atoms with Crippen molar-refractivity contribution in [3.8, 4) is 0 Å². The molecule has 114 valence electrons. The van der Waals surface area contributed by atoms with Gasteiger partial charge in [0.25, 0.3) is 0 Å². The second-order valence-corrected chi connectivity index (χ2v) is 9.37. The molecular weight excluding hydrogens is 417 g/mol. The molecule has 0 aliphatic heterocycles. The topological polar surface area (TPSA) is 12.0 Å². The van der Waals surface area contributed by atoms with Crippen LogP contribution in [-0.4, -0.2) is 0 Å². The zero-order valence-corrected chi connectivity index (χ0v) is 16.2. The van der Waals surface area contributed by atoms with E-state index in [0.717, 1.165) is 20.4 Å². The van der Waals surface area contributed by atoms with Crippen LogP contribution in [0.25, 0.3) is 0 Å². The van der Waals surface area contributed by atoms with Crippen molar-refractivity contribution in [1.29, 1.82) is 0 Å². The van der Waals surface area contributed by atoms with Gasteiger partial charge in [-0.25, -0.2) is 4.39 Å². The predicted octanol–water partition coefficient (Wildman–Crippen LogP) is 6.29. The van der Waals surface area contributed by atoms with Crippen LogP contribution in [0.15, 0.2) is 38.6 Å². The van der Waals surface area contributed by atoms with Gasteiger partial charge in [-0.15, -0.1) is 11.3 Å². The Labute approximate surface area is 146 Å². The van der Waals surface area contributed by atoms with E-state index >= 15 is 0 Å². The van der Waals surface area contributed by atoms with Gasteiger partial charge in [0.2, 0.25) is 0 Å².